The molecule has 1 aliphatic rings. The summed E-state index contributed by atoms with van der Waals surface area (Å²) < 4.78 is 3.04. The van der Waals surface area contributed by atoms with Crippen molar-refractivity contribution in [3.05, 3.63) is 29.8 Å². The molecular weight excluding hydrogens is 446 g/mol. The second-order valence-corrected chi connectivity index (χ2v) is 6.53. The summed E-state index contributed by atoms with van der Waals surface area (Å²) in [6.07, 6.45) is 5.88. The van der Waals surface area contributed by atoms with Gasteiger partial charge in [0, 0.05) is 18.9 Å². The molecule has 1 heterocycles. The SMILES string of the molecule is O=C(Cn1cc(I)c(=O)c(I)c1)NCC1CC1. The zero-order chi connectivity index (χ0) is 12.4. The van der Waals surface area contributed by atoms with Crippen LogP contribution in [0, 0.1) is 13.1 Å². The van der Waals surface area contributed by atoms with Gasteiger partial charge in [0.1, 0.15) is 6.54 Å². The van der Waals surface area contributed by atoms with Crippen LogP contribution in [0.2, 0.25) is 0 Å². The number of nitrogens with one attached hydrogen (secondary N) is 1. The van der Waals surface area contributed by atoms with Gasteiger partial charge in [-0.15, -0.1) is 0 Å². The maximum absolute atomic E-state index is 11.6. The van der Waals surface area contributed by atoms with Crippen LogP contribution in [0.5, 0.6) is 0 Å². The minimum atomic E-state index is 0.00662. The Balaban J connectivity index is 1.97. The van der Waals surface area contributed by atoms with Crippen molar-refractivity contribution in [1.82, 2.24) is 9.88 Å². The summed E-state index contributed by atoms with van der Waals surface area (Å²) >= 11 is 3.99. The molecule has 6 heteroatoms. The van der Waals surface area contributed by atoms with Gasteiger partial charge in [0.25, 0.3) is 0 Å². The summed E-state index contributed by atoms with van der Waals surface area (Å²) in [5, 5.41) is 2.90. The largest absolute Gasteiger partial charge is 0.354 e. The lowest BCUT2D eigenvalue weighted by molar-refractivity contribution is -0.121. The molecule has 0 atom stereocenters. The number of pyridine rings is 1. The van der Waals surface area contributed by atoms with Crippen LogP contribution in [-0.4, -0.2) is 17.0 Å². The second-order valence-electron chi connectivity index (χ2n) is 4.20. The van der Waals surface area contributed by atoms with Gasteiger partial charge in [-0.2, -0.15) is 0 Å². The van der Waals surface area contributed by atoms with Gasteiger partial charge in [0.05, 0.1) is 7.14 Å². The van der Waals surface area contributed by atoms with E-state index in [4.69, 9.17) is 0 Å². The van der Waals surface area contributed by atoms with Gasteiger partial charge >= 0.3 is 0 Å². The molecule has 1 aromatic heterocycles. The van der Waals surface area contributed by atoms with Crippen LogP contribution < -0.4 is 10.7 Å². The van der Waals surface area contributed by atoms with Gasteiger partial charge in [0.2, 0.25) is 11.3 Å². The fraction of sp³-hybridized carbons (Fsp3) is 0.455. The normalized spacial score (nSPS) is 14.7. The minimum Gasteiger partial charge on any atom is -0.354 e. The molecule has 0 saturated heterocycles. The van der Waals surface area contributed by atoms with Gasteiger partial charge in [-0.25, -0.2) is 0 Å². The van der Waals surface area contributed by atoms with Crippen LogP contribution in [0.1, 0.15) is 12.8 Å². The number of carbonyl (C=O) groups is 1. The van der Waals surface area contributed by atoms with Crippen molar-refractivity contribution in [3.8, 4) is 0 Å². The van der Waals surface area contributed by atoms with Crippen molar-refractivity contribution in [2.24, 2.45) is 5.92 Å². The summed E-state index contributed by atoms with van der Waals surface area (Å²) in [6, 6.07) is 0. The minimum absolute atomic E-state index is 0.00662. The molecule has 0 aromatic carbocycles. The third-order valence-corrected chi connectivity index (χ3v) is 4.14. The molecule has 1 aliphatic carbocycles. The van der Waals surface area contributed by atoms with Crippen molar-refractivity contribution in [1.29, 1.82) is 0 Å². The number of aromatic nitrogens is 1. The zero-order valence-electron chi connectivity index (χ0n) is 9.08. The lowest BCUT2D eigenvalue weighted by Crippen LogP contribution is -2.30. The van der Waals surface area contributed by atoms with Crippen molar-refractivity contribution in [2.75, 3.05) is 6.54 Å². The maximum atomic E-state index is 11.6. The first kappa shape index (κ1) is 13.3. The monoisotopic (exact) mass is 458 g/mol. The quantitative estimate of drug-likeness (QED) is 0.698. The van der Waals surface area contributed by atoms with Crippen LogP contribution in [0.3, 0.4) is 0 Å². The summed E-state index contributed by atoms with van der Waals surface area (Å²) in [4.78, 5) is 23.1. The standard InChI is InChI=1S/C11H12I2N2O2/c12-8-4-15(5-9(13)11(8)17)6-10(16)14-3-7-1-2-7/h4-5,7H,1-3,6H2,(H,14,16). The van der Waals surface area contributed by atoms with E-state index in [1.54, 1.807) is 17.0 Å². The average molecular weight is 458 g/mol. The van der Waals surface area contributed by atoms with Gasteiger partial charge in [-0.3, -0.25) is 9.59 Å². The van der Waals surface area contributed by atoms with Crippen molar-refractivity contribution < 1.29 is 4.79 Å². The number of carbonyl (C=O) groups excluding carboxylic acids is 1. The average Bonchev–Trinajstić information content (AvgIpc) is 3.07. The molecule has 1 fully saturated rings. The predicted molar refractivity (Wildman–Crippen MR) is 81.9 cm³/mol. The lowest BCUT2D eigenvalue weighted by Gasteiger charge is -2.08. The van der Waals surface area contributed by atoms with Crippen LogP contribution in [0.4, 0.5) is 0 Å². The molecule has 17 heavy (non-hydrogen) atoms. The van der Waals surface area contributed by atoms with Gasteiger partial charge < -0.3 is 9.88 Å². The molecule has 1 saturated carbocycles. The third-order valence-electron chi connectivity index (χ3n) is 2.60. The molecule has 0 radical (unpaired) electrons. The van der Waals surface area contributed by atoms with E-state index in [1.807, 2.05) is 45.2 Å². The molecule has 0 bridgehead atoms. The Labute approximate surface area is 126 Å². The molecule has 92 valence electrons. The number of hydrogen-bond donors (Lipinski definition) is 1. The maximum Gasteiger partial charge on any atom is 0.239 e. The number of nitrogens with zero attached hydrogens (tertiary/aromatic N) is 1. The fourth-order valence-electron chi connectivity index (χ4n) is 1.45. The number of hydrogen-bond acceptors (Lipinski definition) is 2. The van der Waals surface area contributed by atoms with Crippen LogP contribution in [0.25, 0.3) is 0 Å². The topological polar surface area (TPSA) is 51.1 Å². The Morgan fingerprint density at radius 2 is 1.94 bits per heavy atom. The van der Waals surface area contributed by atoms with E-state index in [1.165, 1.54) is 12.8 Å². The third kappa shape index (κ3) is 3.94. The highest BCUT2D eigenvalue weighted by Gasteiger charge is 2.21. The highest BCUT2D eigenvalue weighted by atomic mass is 127. The molecule has 4 nitrogen and oxygen atoms in total. The first-order valence-corrected chi connectivity index (χ1v) is 7.54. The Kier molecular flexibility index (Phi) is 4.45. The van der Waals surface area contributed by atoms with Crippen molar-refractivity contribution in [3.63, 3.8) is 0 Å². The molecule has 0 aliphatic heterocycles. The molecule has 0 spiro atoms. The van der Waals surface area contributed by atoms with Crippen LogP contribution in [0.15, 0.2) is 17.2 Å². The summed E-state index contributed by atoms with van der Waals surface area (Å²) in [6.45, 7) is 1.06. The van der Waals surface area contributed by atoms with E-state index in [-0.39, 0.29) is 17.9 Å². The smallest absolute Gasteiger partial charge is 0.239 e. The number of halogens is 2. The fourth-order valence-corrected chi connectivity index (χ4v) is 3.27. The van der Waals surface area contributed by atoms with Gasteiger partial charge in [-0.1, -0.05) is 0 Å². The summed E-state index contributed by atoms with van der Waals surface area (Å²) in [5.74, 6) is 0.695. The zero-order valence-corrected chi connectivity index (χ0v) is 13.4. The number of amides is 1. The first-order valence-electron chi connectivity index (χ1n) is 5.38. The van der Waals surface area contributed by atoms with Crippen LogP contribution >= 0.6 is 45.2 Å². The van der Waals surface area contributed by atoms with E-state index in [0.717, 1.165) is 6.54 Å². The van der Waals surface area contributed by atoms with E-state index < -0.39 is 0 Å². The Morgan fingerprint density at radius 3 is 2.47 bits per heavy atom. The highest BCUT2D eigenvalue weighted by Crippen LogP contribution is 2.27. The highest BCUT2D eigenvalue weighted by molar-refractivity contribution is 14.1. The Hall–Kier alpha value is -0.120. The van der Waals surface area contributed by atoms with Gasteiger partial charge in [0.15, 0.2) is 0 Å². The van der Waals surface area contributed by atoms with Crippen molar-refractivity contribution in [2.45, 2.75) is 19.4 Å². The summed E-state index contributed by atoms with van der Waals surface area (Å²) in [7, 11) is 0. The molecule has 1 aromatic rings. The number of rotatable bonds is 4. The molecule has 1 amide bonds. The molecule has 0 unspecified atom stereocenters. The molecule has 2 rings (SSSR count). The van der Waals surface area contributed by atoms with E-state index >= 15 is 0 Å². The van der Waals surface area contributed by atoms with Crippen molar-refractivity contribution >= 4 is 51.1 Å². The van der Waals surface area contributed by atoms with E-state index in [0.29, 0.717) is 13.1 Å². The molecular formula is C11H12I2N2O2. The molecule has 1 N–H and O–H groups in total. The second kappa shape index (κ2) is 5.68. The Bertz CT molecular complexity index is 468. The van der Waals surface area contributed by atoms with Gasteiger partial charge in [-0.05, 0) is 63.9 Å². The van der Waals surface area contributed by atoms with E-state index in [9.17, 15) is 9.59 Å². The first-order chi connectivity index (χ1) is 8.06. The lowest BCUT2D eigenvalue weighted by atomic mass is 10.4. The Morgan fingerprint density at radius 1 is 1.35 bits per heavy atom. The summed E-state index contributed by atoms with van der Waals surface area (Å²) in [5.41, 5.74) is 0.0286. The van der Waals surface area contributed by atoms with Crippen LogP contribution in [-0.2, 0) is 11.3 Å². The predicted octanol–water partition coefficient (Wildman–Crippen LogP) is 1.58. The van der Waals surface area contributed by atoms with E-state index in [2.05, 4.69) is 5.32 Å².